The molecule has 4 nitrogen and oxygen atoms in total. The first kappa shape index (κ1) is 22.0. The lowest BCUT2D eigenvalue weighted by Gasteiger charge is -2.18. The molecule has 162 valence electrons. The molecule has 1 aromatic heterocycles. The molecule has 32 heavy (non-hydrogen) atoms. The summed E-state index contributed by atoms with van der Waals surface area (Å²) in [4.78, 5) is 28.5. The van der Waals surface area contributed by atoms with E-state index in [1.807, 2.05) is 61.5 Å². The molecule has 0 bridgehead atoms. The monoisotopic (exact) mass is 444 g/mol. The highest BCUT2D eigenvalue weighted by Gasteiger charge is 2.24. The van der Waals surface area contributed by atoms with Gasteiger partial charge in [-0.15, -0.1) is 0 Å². The molecule has 1 heterocycles. The van der Waals surface area contributed by atoms with Crippen molar-refractivity contribution in [2.24, 2.45) is 0 Å². The number of H-pyrrole nitrogens is 1. The molecule has 0 aliphatic carbocycles. The lowest BCUT2D eigenvalue weighted by molar-refractivity contribution is 0.0944. The van der Waals surface area contributed by atoms with Gasteiger partial charge in [-0.1, -0.05) is 66.2 Å². The van der Waals surface area contributed by atoms with E-state index in [2.05, 4.69) is 10.3 Å². The normalized spacial score (nSPS) is 12.1. The van der Waals surface area contributed by atoms with Gasteiger partial charge in [0.25, 0.3) is 0 Å². The molecule has 0 aliphatic heterocycles. The molecule has 0 amide bonds. The number of aromatic amines is 1. The number of ketones is 2. The zero-order valence-electron chi connectivity index (χ0n) is 18.1. The number of aromatic nitrogens is 1. The fourth-order valence-corrected chi connectivity index (χ4v) is 4.25. The molecular formula is C27H25ClN2O2. The van der Waals surface area contributed by atoms with E-state index in [-0.39, 0.29) is 11.6 Å². The molecule has 4 aromatic rings. The van der Waals surface area contributed by atoms with Crippen LogP contribution in [0.15, 0.2) is 72.9 Å². The van der Waals surface area contributed by atoms with Crippen LogP contribution in [-0.4, -0.2) is 23.1 Å². The van der Waals surface area contributed by atoms with Gasteiger partial charge in [0.15, 0.2) is 11.6 Å². The number of fused-ring (bicyclic) bond motifs is 1. The van der Waals surface area contributed by atoms with Gasteiger partial charge >= 0.3 is 0 Å². The van der Waals surface area contributed by atoms with E-state index in [0.29, 0.717) is 24.1 Å². The number of carbonyl (C=O) groups is 2. The van der Waals surface area contributed by atoms with Crippen LogP contribution in [0.2, 0.25) is 5.02 Å². The highest BCUT2D eigenvalue weighted by atomic mass is 35.5. The summed E-state index contributed by atoms with van der Waals surface area (Å²) in [6.07, 6.45) is 2.44. The smallest absolute Gasteiger partial charge is 0.186 e. The van der Waals surface area contributed by atoms with Crippen molar-refractivity contribution < 1.29 is 9.59 Å². The summed E-state index contributed by atoms with van der Waals surface area (Å²) >= 11 is 6.38. The van der Waals surface area contributed by atoms with Gasteiger partial charge in [-0.25, -0.2) is 0 Å². The molecule has 5 heteroatoms. The molecule has 0 fully saturated rings. The van der Waals surface area contributed by atoms with Crippen LogP contribution in [0.3, 0.4) is 0 Å². The van der Waals surface area contributed by atoms with Crippen LogP contribution >= 0.6 is 11.6 Å². The van der Waals surface area contributed by atoms with Gasteiger partial charge in [0.05, 0.1) is 6.04 Å². The Morgan fingerprint density at radius 1 is 1.03 bits per heavy atom. The first-order valence-electron chi connectivity index (χ1n) is 10.6. The van der Waals surface area contributed by atoms with Crippen LogP contribution in [0.25, 0.3) is 10.9 Å². The summed E-state index contributed by atoms with van der Waals surface area (Å²) in [5.74, 6) is -0.0269. The maximum absolute atomic E-state index is 13.6. The number of hydrogen-bond donors (Lipinski definition) is 2. The third-order valence-corrected chi connectivity index (χ3v) is 6.05. The van der Waals surface area contributed by atoms with Crippen LogP contribution in [0.5, 0.6) is 0 Å². The van der Waals surface area contributed by atoms with Gasteiger partial charge < -0.3 is 10.3 Å². The maximum atomic E-state index is 13.6. The average Bonchev–Trinajstić information content (AvgIpc) is 3.21. The Bertz CT molecular complexity index is 1280. The summed E-state index contributed by atoms with van der Waals surface area (Å²) < 4.78 is 0. The average molecular weight is 445 g/mol. The third kappa shape index (κ3) is 4.67. The van der Waals surface area contributed by atoms with Crippen LogP contribution in [0.4, 0.5) is 0 Å². The summed E-state index contributed by atoms with van der Waals surface area (Å²) in [7, 11) is 0. The van der Waals surface area contributed by atoms with Crippen molar-refractivity contribution in [3.63, 3.8) is 0 Å². The lowest BCUT2D eigenvalue weighted by atomic mass is 9.96. The van der Waals surface area contributed by atoms with Gasteiger partial charge in [0.2, 0.25) is 0 Å². The Morgan fingerprint density at radius 2 is 1.81 bits per heavy atom. The Kier molecular flexibility index (Phi) is 6.54. The predicted octanol–water partition coefficient (Wildman–Crippen LogP) is 6.09. The minimum atomic E-state index is -0.494. The number of aryl methyl sites for hydroxylation is 1. The van der Waals surface area contributed by atoms with Gasteiger partial charge in [-0.2, -0.15) is 0 Å². The SMILES string of the molecule is CC(=O)c1ccc2c(C(=O)[C@H](NCCc3ccc(C)cc3Cl)c3ccccc3)c[nH]c2c1. The minimum Gasteiger partial charge on any atom is -0.360 e. The van der Waals surface area contributed by atoms with Crippen LogP contribution in [0, 0.1) is 6.92 Å². The van der Waals surface area contributed by atoms with E-state index in [0.717, 1.165) is 32.6 Å². The number of rotatable bonds is 8. The maximum Gasteiger partial charge on any atom is 0.186 e. The number of hydrogen-bond acceptors (Lipinski definition) is 3. The summed E-state index contributed by atoms with van der Waals surface area (Å²) in [6, 6.07) is 20.6. The topological polar surface area (TPSA) is 62.0 Å². The van der Waals surface area contributed by atoms with Gasteiger partial charge in [-0.3, -0.25) is 9.59 Å². The highest BCUT2D eigenvalue weighted by molar-refractivity contribution is 6.31. The summed E-state index contributed by atoms with van der Waals surface area (Å²) in [6.45, 7) is 4.15. The van der Waals surface area contributed by atoms with E-state index in [9.17, 15) is 9.59 Å². The van der Waals surface area contributed by atoms with Crippen molar-refractivity contribution in [3.8, 4) is 0 Å². The predicted molar refractivity (Wildman–Crippen MR) is 130 cm³/mol. The second-order valence-corrected chi connectivity index (χ2v) is 8.43. The number of halogens is 1. The quantitative estimate of drug-likeness (QED) is 0.323. The van der Waals surface area contributed by atoms with Crippen molar-refractivity contribution >= 4 is 34.1 Å². The van der Waals surface area contributed by atoms with E-state index in [4.69, 9.17) is 11.6 Å². The summed E-state index contributed by atoms with van der Waals surface area (Å²) in [5, 5.41) is 4.98. The molecule has 2 N–H and O–H groups in total. The minimum absolute atomic E-state index is 0.00651. The van der Waals surface area contributed by atoms with E-state index < -0.39 is 6.04 Å². The lowest BCUT2D eigenvalue weighted by Crippen LogP contribution is -2.30. The molecule has 3 aromatic carbocycles. The molecule has 0 aliphatic rings. The largest absolute Gasteiger partial charge is 0.360 e. The van der Waals surface area contributed by atoms with E-state index in [1.54, 1.807) is 18.3 Å². The molecule has 0 saturated carbocycles. The van der Waals surface area contributed by atoms with Gasteiger partial charge in [0, 0.05) is 39.8 Å². The number of Topliss-reactive ketones (excluding diaryl/α,β-unsaturated/α-hetero) is 2. The van der Waals surface area contributed by atoms with Gasteiger partial charge in [0.1, 0.15) is 0 Å². The van der Waals surface area contributed by atoms with Crippen molar-refractivity contribution in [1.29, 1.82) is 0 Å². The Hall–Kier alpha value is -3.21. The summed E-state index contributed by atoms with van der Waals surface area (Å²) in [5.41, 5.74) is 5.07. The molecule has 1 atom stereocenters. The van der Waals surface area contributed by atoms with E-state index >= 15 is 0 Å². The number of carbonyl (C=O) groups excluding carboxylic acids is 2. The number of benzene rings is 3. The van der Waals surface area contributed by atoms with Crippen molar-refractivity contribution in [2.75, 3.05) is 6.54 Å². The van der Waals surface area contributed by atoms with Crippen LogP contribution in [0.1, 0.15) is 50.4 Å². The first-order chi connectivity index (χ1) is 15.4. The fourth-order valence-electron chi connectivity index (χ4n) is 3.92. The molecular weight excluding hydrogens is 420 g/mol. The number of nitrogens with one attached hydrogen (secondary N) is 2. The second kappa shape index (κ2) is 9.51. The van der Waals surface area contributed by atoms with Crippen molar-refractivity contribution in [1.82, 2.24) is 10.3 Å². The molecule has 0 spiro atoms. The molecule has 0 unspecified atom stereocenters. The Morgan fingerprint density at radius 3 is 2.53 bits per heavy atom. The third-order valence-electron chi connectivity index (χ3n) is 5.70. The first-order valence-corrected chi connectivity index (χ1v) is 11.0. The van der Waals surface area contributed by atoms with Crippen molar-refractivity contribution in [2.45, 2.75) is 26.3 Å². The van der Waals surface area contributed by atoms with Crippen molar-refractivity contribution in [3.05, 3.63) is 106 Å². The van der Waals surface area contributed by atoms with Crippen LogP contribution in [-0.2, 0) is 6.42 Å². The Balaban J connectivity index is 1.60. The molecule has 0 radical (unpaired) electrons. The zero-order valence-corrected chi connectivity index (χ0v) is 18.9. The standard InChI is InChI=1S/C27H25ClN2O2/c1-17-8-9-19(24(28)14-17)12-13-29-26(20-6-4-3-5-7-20)27(32)23-16-30-25-15-21(18(2)31)10-11-22(23)25/h3-11,14-16,26,29-30H,12-13H2,1-2H3/t26-/m1/s1. The van der Waals surface area contributed by atoms with Gasteiger partial charge in [-0.05, 0) is 49.1 Å². The Labute approximate surface area is 192 Å². The zero-order chi connectivity index (χ0) is 22.7. The molecule has 0 saturated heterocycles. The fraction of sp³-hybridized carbons (Fsp3) is 0.185. The highest BCUT2D eigenvalue weighted by Crippen LogP contribution is 2.26. The second-order valence-electron chi connectivity index (χ2n) is 8.03. The van der Waals surface area contributed by atoms with Crippen LogP contribution < -0.4 is 5.32 Å². The van der Waals surface area contributed by atoms with E-state index in [1.165, 1.54) is 6.92 Å². The molecule has 4 rings (SSSR count).